The summed E-state index contributed by atoms with van der Waals surface area (Å²) >= 11 is 5.20. The van der Waals surface area contributed by atoms with Crippen molar-refractivity contribution in [3.05, 3.63) is 0 Å². The van der Waals surface area contributed by atoms with Crippen LogP contribution in [0.4, 0.5) is 0 Å². The van der Waals surface area contributed by atoms with Crippen LogP contribution in [-0.2, 0) is 14.3 Å². The van der Waals surface area contributed by atoms with Gasteiger partial charge in [0.1, 0.15) is 5.54 Å². The third-order valence-electron chi connectivity index (χ3n) is 5.97. The van der Waals surface area contributed by atoms with Gasteiger partial charge in [0.2, 0.25) is 11.8 Å². The maximum atomic E-state index is 13.2. The van der Waals surface area contributed by atoms with Crippen LogP contribution in [0.2, 0.25) is 0 Å². The molecular weight excluding hydrogens is 418 g/mol. The second-order valence-corrected chi connectivity index (χ2v) is 11.0. The summed E-state index contributed by atoms with van der Waals surface area (Å²) in [6.45, 7) is 3.14. The number of ether oxygens (including phenoxy) is 1. The Hall–Kier alpha value is -0.310. The molecule has 4 N–H and O–H groups in total. The summed E-state index contributed by atoms with van der Waals surface area (Å²) in [7, 11) is 0. The van der Waals surface area contributed by atoms with E-state index in [0.717, 1.165) is 32.1 Å². The van der Waals surface area contributed by atoms with Crippen molar-refractivity contribution < 1.29 is 14.3 Å². The molecule has 5 atom stereocenters. The summed E-state index contributed by atoms with van der Waals surface area (Å²) in [5.41, 5.74) is 5.25. The summed E-state index contributed by atoms with van der Waals surface area (Å²) in [5.74, 6) is 0.327. The van der Waals surface area contributed by atoms with E-state index >= 15 is 0 Å². The molecule has 0 aromatic heterocycles. The number of carbonyl (C=O) groups excluding carboxylic acids is 2. The molecule has 5 unspecified atom stereocenters. The lowest BCUT2D eigenvalue weighted by Gasteiger charge is -2.40. The highest BCUT2D eigenvalue weighted by atomic mass is 79.9. The van der Waals surface area contributed by atoms with Crippen LogP contribution < -0.4 is 16.4 Å². The zero-order valence-corrected chi connectivity index (χ0v) is 17.7. The number of hydrogen-bond acceptors (Lipinski definition) is 5. The molecule has 3 fully saturated rings. The van der Waals surface area contributed by atoms with Gasteiger partial charge in [-0.25, -0.2) is 0 Å². The molecule has 0 bridgehead atoms. The summed E-state index contributed by atoms with van der Waals surface area (Å²) in [5, 5.41) is 6.23. The van der Waals surface area contributed by atoms with E-state index < -0.39 is 5.54 Å². The molecule has 6 nitrogen and oxygen atoms in total. The third kappa shape index (κ3) is 4.75. The average molecular weight is 448 g/mol. The highest BCUT2D eigenvalue weighted by molar-refractivity contribution is 9.11. The van der Waals surface area contributed by atoms with Crippen molar-refractivity contribution in [2.45, 2.75) is 78.9 Å². The molecule has 2 heterocycles. The van der Waals surface area contributed by atoms with Crippen molar-refractivity contribution in [2.75, 3.05) is 13.2 Å². The smallest absolute Gasteiger partial charge is 0.246 e. The van der Waals surface area contributed by atoms with E-state index in [-0.39, 0.29) is 29.1 Å². The number of carbonyl (C=O) groups is 2. The van der Waals surface area contributed by atoms with Crippen LogP contribution in [0.25, 0.3) is 0 Å². The first-order valence-electron chi connectivity index (χ1n) is 9.65. The lowest BCUT2D eigenvalue weighted by Crippen LogP contribution is -2.64. The zero-order chi connectivity index (χ0) is 18.7. The van der Waals surface area contributed by atoms with Gasteiger partial charge >= 0.3 is 0 Å². The predicted octanol–water partition coefficient (Wildman–Crippen LogP) is 1.90. The maximum Gasteiger partial charge on any atom is 0.246 e. The van der Waals surface area contributed by atoms with Gasteiger partial charge in [-0.2, -0.15) is 0 Å². The van der Waals surface area contributed by atoms with Crippen LogP contribution in [-0.4, -0.2) is 52.1 Å². The minimum absolute atomic E-state index is 0.0203. The van der Waals surface area contributed by atoms with Crippen molar-refractivity contribution >= 4 is 39.5 Å². The largest absolute Gasteiger partial charge is 0.381 e. The van der Waals surface area contributed by atoms with E-state index in [4.69, 9.17) is 10.5 Å². The van der Waals surface area contributed by atoms with Crippen LogP contribution in [0.15, 0.2) is 0 Å². The number of nitrogens with two attached hydrogens (primary N) is 1. The highest BCUT2D eigenvalue weighted by Gasteiger charge is 2.44. The Labute approximate surface area is 168 Å². The molecule has 0 aromatic carbocycles. The summed E-state index contributed by atoms with van der Waals surface area (Å²) in [4.78, 5) is 25.9. The van der Waals surface area contributed by atoms with Gasteiger partial charge in [-0.1, -0.05) is 22.9 Å². The molecule has 0 radical (unpaired) electrons. The van der Waals surface area contributed by atoms with Crippen LogP contribution in [0, 0.1) is 5.92 Å². The number of hydrogen-bond donors (Lipinski definition) is 3. The minimum atomic E-state index is -0.844. The number of amides is 2. The molecule has 26 heavy (non-hydrogen) atoms. The number of thioether (sulfide) groups is 1. The second-order valence-electron chi connectivity index (χ2n) is 7.92. The van der Waals surface area contributed by atoms with Gasteiger partial charge < -0.3 is 21.1 Å². The molecule has 2 saturated heterocycles. The van der Waals surface area contributed by atoms with E-state index in [1.165, 1.54) is 0 Å². The van der Waals surface area contributed by atoms with Gasteiger partial charge in [0.15, 0.2) is 0 Å². The molecule has 1 aliphatic carbocycles. The van der Waals surface area contributed by atoms with E-state index in [2.05, 4.69) is 33.5 Å². The van der Waals surface area contributed by atoms with E-state index in [1.54, 1.807) is 11.8 Å². The number of alkyl halides is 1. The lowest BCUT2D eigenvalue weighted by molar-refractivity contribution is -0.138. The predicted molar refractivity (Wildman–Crippen MR) is 107 cm³/mol. The molecule has 148 valence electrons. The fourth-order valence-corrected chi connectivity index (χ4v) is 6.24. The van der Waals surface area contributed by atoms with Gasteiger partial charge in [0.25, 0.3) is 0 Å². The molecular formula is C18H30BrN3O3S. The molecule has 2 aliphatic heterocycles. The molecule has 0 aromatic rings. The summed E-state index contributed by atoms with van der Waals surface area (Å²) < 4.78 is 5.78. The third-order valence-corrected chi connectivity index (χ3v) is 8.39. The van der Waals surface area contributed by atoms with Crippen molar-refractivity contribution in [2.24, 2.45) is 11.7 Å². The molecule has 8 heteroatoms. The minimum Gasteiger partial charge on any atom is -0.381 e. The quantitative estimate of drug-likeness (QED) is 0.572. The Balaban J connectivity index is 1.64. The first-order chi connectivity index (χ1) is 12.4. The normalized spacial score (nSPS) is 37.1. The Kier molecular flexibility index (Phi) is 6.91. The highest BCUT2D eigenvalue weighted by Crippen LogP contribution is 2.38. The monoisotopic (exact) mass is 447 g/mol. The molecule has 2 amide bonds. The Morgan fingerprint density at radius 3 is 2.54 bits per heavy atom. The fraction of sp³-hybridized carbons (Fsp3) is 0.889. The first-order valence-corrected chi connectivity index (χ1v) is 11.5. The van der Waals surface area contributed by atoms with Crippen molar-refractivity contribution in [3.8, 4) is 0 Å². The Morgan fingerprint density at radius 2 is 1.92 bits per heavy atom. The van der Waals surface area contributed by atoms with Gasteiger partial charge in [0.05, 0.1) is 9.41 Å². The Morgan fingerprint density at radius 1 is 1.19 bits per heavy atom. The van der Waals surface area contributed by atoms with Gasteiger partial charge in [-0.3, -0.25) is 9.59 Å². The van der Waals surface area contributed by atoms with E-state index in [1.807, 2.05) is 0 Å². The number of rotatable bonds is 4. The van der Waals surface area contributed by atoms with Gasteiger partial charge in [0, 0.05) is 38.1 Å². The standard InChI is InChI=1S/C18H30BrN3O3S/c1-11-10-12(2-3-13(11)20)21-17(24)18(6-8-25-9-7-18)22-16(23)14-4-5-15(19)26-14/h11-15H,2-10,20H2,1H3,(H,21,24)(H,22,23). The van der Waals surface area contributed by atoms with E-state index in [0.29, 0.717) is 36.1 Å². The summed E-state index contributed by atoms with van der Waals surface area (Å²) in [6.07, 6.45) is 5.62. The van der Waals surface area contributed by atoms with E-state index in [9.17, 15) is 9.59 Å². The lowest BCUT2D eigenvalue weighted by atomic mass is 9.82. The number of halogens is 1. The average Bonchev–Trinajstić information content (AvgIpc) is 3.05. The molecule has 3 aliphatic rings. The molecule has 0 spiro atoms. The zero-order valence-electron chi connectivity index (χ0n) is 15.3. The first kappa shape index (κ1) is 20.4. The van der Waals surface area contributed by atoms with Crippen molar-refractivity contribution in [1.29, 1.82) is 0 Å². The van der Waals surface area contributed by atoms with Crippen molar-refractivity contribution in [3.63, 3.8) is 0 Å². The van der Waals surface area contributed by atoms with Gasteiger partial charge in [-0.05, 0) is 38.0 Å². The van der Waals surface area contributed by atoms with Crippen molar-refractivity contribution in [1.82, 2.24) is 10.6 Å². The molecule has 3 rings (SSSR count). The van der Waals surface area contributed by atoms with Crippen LogP contribution in [0.5, 0.6) is 0 Å². The SMILES string of the molecule is CC1CC(NC(=O)C2(NC(=O)C3CCC(Br)S3)CCOCC2)CCC1N. The second kappa shape index (κ2) is 8.80. The summed E-state index contributed by atoms with van der Waals surface area (Å²) in [6, 6.07) is 0.359. The van der Waals surface area contributed by atoms with Crippen LogP contribution in [0.3, 0.4) is 0 Å². The Bertz CT molecular complexity index is 530. The van der Waals surface area contributed by atoms with Crippen LogP contribution in [0.1, 0.15) is 51.9 Å². The maximum absolute atomic E-state index is 13.2. The molecule has 1 saturated carbocycles. The number of nitrogens with one attached hydrogen (secondary N) is 2. The fourth-order valence-electron chi connectivity index (χ4n) is 4.11. The van der Waals surface area contributed by atoms with Crippen LogP contribution >= 0.6 is 27.7 Å². The topological polar surface area (TPSA) is 93.5 Å². The van der Waals surface area contributed by atoms with Gasteiger partial charge in [-0.15, -0.1) is 11.8 Å².